The number of carbonyl (C=O) groups is 1. The third kappa shape index (κ3) is 2.87. The number of hydrogen-bond acceptors (Lipinski definition) is 6. The van der Waals surface area contributed by atoms with Gasteiger partial charge < -0.3 is 9.64 Å². The molecule has 7 heteroatoms. The van der Waals surface area contributed by atoms with Gasteiger partial charge in [-0.1, -0.05) is 0 Å². The first kappa shape index (κ1) is 15.4. The molecule has 0 saturated heterocycles. The molecule has 0 N–H and O–H groups in total. The molecule has 23 heavy (non-hydrogen) atoms. The Morgan fingerprint density at radius 2 is 2.22 bits per heavy atom. The summed E-state index contributed by atoms with van der Waals surface area (Å²) in [5, 5.41) is 4.10. The summed E-state index contributed by atoms with van der Waals surface area (Å²) in [6.45, 7) is 3.36. The number of rotatable bonds is 5. The van der Waals surface area contributed by atoms with Crippen molar-refractivity contribution in [2.45, 2.75) is 13.0 Å². The molecule has 2 aromatic heterocycles. The Kier molecular flexibility index (Phi) is 4.20. The molecular weight excluding hydrogens is 294 g/mol. The highest BCUT2D eigenvalue weighted by Gasteiger charge is 2.33. The number of allylic oxidation sites excluding steroid dienone is 1. The number of Topliss-reactive ketones (excluding diaryl/α,β-unsaturated/α-hetero) is 1. The van der Waals surface area contributed by atoms with Gasteiger partial charge in [0.25, 0.3) is 0 Å². The summed E-state index contributed by atoms with van der Waals surface area (Å²) in [7, 11) is 3.64. The predicted molar refractivity (Wildman–Crippen MR) is 86.4 cm³/mol. The van der Waals surface area contributed by atoms with Crippen molar-refractivity contribution in [1.82, 2.24) is 19.7 Å². The maximum absolute atomic E-state index is 12.3. The average Bonchev–Trinajstić information content (AvgIpc) is 3.13. The lowest BCUT2D eigenvalue weighted by Crippen LogP contribution is -2.22. The summed E-state index contributed by atoms with van der Waals surface area (Å²) in [4.78, 5) is 22.8. The van der Waals surface area contributed by atoms with E-state index in [0.29, 0.717) is 18.0 Å². The Morgan fingerprint density at radius 3 is 2.87 bits per heavy atom. The molecule has 3 heterocycles. The van der Waals surface area contributed by atoms with E-state index in [1.165, 1.54) is 6.33 Å². The molecular formula is C16H19N5O2. The Balaban J connectivity index is 1.78. The molecule has 0 spiro atoms. The fourth-order valence-corrected chi connectivity index (χ4v) is 2.56. The van der Waals surface area contributed by atoms with Crippen molar-refractivity contribution < 1.29 is 9.53 Å². The van der Waals surface area contributed by atoms with Crippen LogP contribution in [-0.4, -0.2) is 52.8 Å². The molecule has 0 bridgehead atoms. The number of methoxy groups -OCH3 is 1. The summed E-state index contributed by atoms with van der Waals surface area (Å²) in [6.07, 6.45) is 5.03. The van der Waals surface area contributed by atoms with Crippen molar-refractivity contribution in [1.29, 1.82) is 0 Å². The van der Waals surface area contributed by atoms with E-state index in [2.05, 4.69) is 15.1 Å². The summed E-state index contributed by atoms with van der Waals surface area (Å²) in [5.74, 6) is 1.19. The molecule has 120 valence electrons. The quantitative estimate of drug-likeness (QED) is 0.781. The molecule has 2 aromatic rings. The first-order valence-electron chi connectivity index (χ1n) is 7.43. The highest BCUT2D eigenvalue weighted by atomic mass is 16.5. The van der Waals surface area contributed by atoms with E-state index in [0.717, 1.165) is 17.9 Å². The van der Waals surface area contributed by atoms with Gasteiger partial charge in [-0.05, 0) is 30.7 Å². The van der Waals surface area contributed by atoms with Gasteiger partial charge >= 0.3 is 0 Å². The predicted octanol–water partition coefficient (Wildman–Crippen LogP) is 1.60. The van der Waals surface area contributed by atoms with Gasteiger partial charge in [0.2, 0.25) is 5.78 Å². The Bertz CT molecular complexity index is 735. The van der Waals surface area contributed by atoms with Crippen LogP contribution in [0.4, 0.5) is 5.82 Å². The van der Waals surface area contributed by atoms with Crippen LogP contribution >= 0.6 is 0 Å². The number of nitrogens with zero attached hydrogens (tertiary/aromatic N) is 5. The molecule has 0 aliphatic carbocycles. The number of ether oxygens (including phenoxy) is 1. The third-order valence-electron chi connectivity index (χ3n) is 3.97. The zero-order valence-corrected chi connectivity index (χ0v) is 13.4. The van der Waals surface area contributed by atoms with E-state index in [1.54, 1.807) is 18.0 Å². The van der Waals surface area contributed by atoms with Gasteiger partial charge in [0, 0.05) is 32.5 Å². The highest BCUT2D eigenvalue weighted by Crippen LogP contribution is 2.30. The second kappa shape index (κ2) is 6.29. The van der Waals surface area contributed by atoms with Crippen LogP contribution < -0.4 is 4.90 Å². The zero-order valence-electron chi connectivity index (χ0n) is 13.4. The first-order chi connectivity index (χ1) is 11.1. The second-order valence-electron chi connectivity index (χ2n) is 5.50. The SMILES string of the molecule is COCCN(C)c1ccc(C=C2C(=O)c3ncnn3C2C)cn1. The first-order valence-corrected chi connectivity index (χ1v) is 7.43. The molecule has 0 aromatic carbocycles. The van der Waals surface area contributed by atoms with Crippen LogP contribution in [0.2, 0.25) is 0 Å². The summed E-state index contributed by atoms with van der Waals surface area (Å²) < 4.78 is 6.71. The molecule has 0 saturated carbocycles. The van der Waals surface area contributed by atoms with Crippen LogP contribution in [0.5, 0.6) is 0 Å². The molecule has 1 atom stereocenters. The lowest BCUT2D eigenvalue weighted by Gasteiger charge is -2.17. The fraction of sp³-hybridized carbons (Fsp3) is 0.375. The number of likely N-dealkylation sites (N-methyl/N-ethyl adjacent to an activating group) is 1. The zero-order chi connectivity index (χ0) is 16.4. The smallest absolute Gasteiger partial charge is 0.228 e. The van der Waals surface area contributed by atoms with Crippen molar-refractivity contribution in [3.8, 4) is 0 Å². The summed E-state index contributed by atoms with van der Waals surface area (Å²) >= 11 is 0. The van der Waals surface area contributed by atoms with Gasteiger partial charge in [-0.25, -0.2) is 14.6 Å². The number of pyridine rings is 1. The van der Waals surface area contributed by atoms with Crippen molar-refractivity contribution in [3.05, 3.63) is 41.6 Å². The monoisotopic (exact) mass is 313 g/mol. The third-order valence-corrected chi connectivity index (χ3v) is 3.97. The number of anilines is 1. The number of fused-ring (bicyclic) bond motifs is 1. The molecule has 0 amide bonds. The number of hydrogen-bond donors (Lipinski definition) is 0. The van der Waals surface area contributed by atoms with Crippen LogP contribution in [0.15, 0.2) is 30.2 Å². The minimum atomic E-state index is -0.107. The van der Waals surface area contributed by atoms with E-state index in [4.69, 9.17) is 4.74 Å². The molecule has 1 aliphatic rings. The summed E-state index contributed by atoms with van der Waals surface area (Å²) in [5.41, 5.74) is 1.57. The highest BCUT2D eigenvalue weighted by molar-refractivity contribution is 6.11. The van der Waals surface area contributed by atoms with Gasteiger partial charge in [-0.3, -0.25) is 4.79 Å². The minimum absolute atomic E-state index is 0.0729. The van der Waals surface area contributed by atoms with Gasteiger partial charge in [0.1, 0.15) is 12.1 Å². The van der Waals surface area contributed by atoms with E-state index in [9.17, 15) is 4.79 Å². The Hall–Kier alpha value is -2.54. The van der Waals surface area contributed by atoms with Crippen LogP contribution in [0.3, 0.4) is 0 Å². The molecule has 0 radical (unpaired) electrons. The molecule has 7 nitrogen and oxygen atoms in total. The van der Waals surface area contributed by atoms with Gasteiger partial charge in [0.15, 0.2) is 5.82 Å². The van der Waals surface area contributed by atoms with E-state index >= 15 is 0 Å². The molecule has 0 fully saturated rings. The van der Waals surface area contributed by atoms with Crippen LogP contribution in [0.25, 0.3) is 6.08 Å². The van der Waals surface area contributed by atoms with E-state index < -0.39 is 0 Å². The number of carbonyl (C=O) groups excluding carboxylic acids is 1. The van der Waals surface area contributed by atoms with Crippen molar-refractivity contribution >= 4 is 17.7 Å². The Morgan fingerprint density at radius 1 is 1.39 bits per heavy atom. The molecule has 1 aliphatic heterocycles. The number of ketones is 1. The lowest BCUT2D eigenvalue weighted by molar-refractivity contribution is 0.103. The minimum Gasteiger partial charge on any atom is -0.383 e. The van der Waals surface area contributed by atoms with Gasteiger partial charge in [-0.15, -0.1) is 0 Å². The van der Waals surface area contributed by atoms with E-state index in [1.807, 2.05) is 37.1 Å². The molecule has 1 unspecified atom stereocenters. The topological polar surface area (TPSA) is 73.1 Å². The van der Waals surface area contributed by atoms with Crippen molar-refractivity contribution in [3.63, 3.8) is 0 Å². The van der Waals surface area contributed by atoms with Crippen LogP contribution in [0, 0.1) is 0 Å². The maximum Gasteiger partial charge on any atom is 0.228 e. The maximum atomic E-state index is 12.3. The van der Waals surface area contributed by atoms with E-state index in [-0.39, 0.29) is 11.8 Å². The second-order valence-corrected chi connectivity index (χ2v) is 5.50. The largest absolute Gasteiger partial charge is 0.383 e. The van der Waals surface area contributed by atoms with Crippen LogP contribution in [0.1, 0.15) is 29.1 Å². The van der Waals surface area contributed by atoms with Crippen LogP contribution in [-0.2, 0) is 4.74 Å². The fourth-order valence-electron chi connectivity index (χ4n) is 2.56. The average molecular weight is 313 g/mol. The summed E-state index contributed by atoms with van der Waals surface area (Å²) in [6, 6.07) is 3.78. The van der Waals surface area contributed by atoms with Gasteiger partial charge in [0.05, 0.1) is 12.6 Å². The molecule has 3 rings (SSSR count). The van der Waals surface area contributed by atoms with Crippen molar-refractivity contribution in [2.24, 2.45) is 0 Å². The Labute approximate surface area is 134 Å². The standard InChI is InChI=1S/C16H19N5O2/c1-11-13(15(22)16-18-10-19-21(11)16)8-12-4-5-14(17-9-12)20(2)6-7-23-3/h4-5,8-11H,6-7H2,1-3H3. The normalized spacial score (nSPS) is 18.5. The van der Waals surface area contributed by atoms with Gasteiger partial charge in [-0.2, -0.15) is 5.10 Å². The number of aromatic nitrogens is 4. The van der Waals surface area contributed by atoms with Crippen molar-refractivity contribution in [2.75, 3.05) is 32.2 Å². The lowest BCUT2D eigenvalue weighted by atomic mass is 10.0.